The van der Waals surface area contributed by atoms with Crippen molar-refractivity contribution in [1.82, 2.24) is 0 Å². The lowest BCUT2D eigenvalue weighted by atomic mass is 9.71. The van der Waals surface area contributed by atoms with E-state index in [-0.39, 0.29) is 54.3 Å². The molecule has 15 heteroatoms. The normalized spacial score (nSPS) is 10.9. The van der Waals surface area contributed by atoms with Crippen molar-refractivity contribution in [2.75, 3.05) is 0 Å². The van der Waals surface area contributed by atoms with Gasteiger partial charge in [0.25, 0.3) is 0 Å². The highest BCUT2D eigenvalue weighted by molar-refractivity contribution is 5.94. The van der Waals surface area contributed by atoms with Crippen LogP contribution in [0.25, 0.3) is 0 Å². The van der Waals surface area contributed by atoms with Crippen molar-refractivity contribution in [3.8, 4) is 51.7 Å². The average Bonchev–Trinajstić information content (AvgIpc) is 0.765. The lowest BCUT2D eigenvalue weighted by Gasteiger charge is -2.32. The Morgan fingerprint density at radius 2 is 0.398 bits per heavy atom. The van der Waals surface area contributed by atoms with Crippen LogP contribution in [-0.2, 0) is 25.2 Å². The van der Waals surface area contributed by atoms with Crippen molar-refractivity contribution >= 4 is 35.8 Å². The summed E-state index contributed by atoms with van der Waals surface area (Å²) >= 11 is 0. The Hall–Kier alpha value is -13.1. The molecule has 0 N–H and O–H groups in total. The van der Waals surface area contributed by atoms with Gasteiger partial charge in [0, 0.05) is 23.6 Å². The molecule has 0 bridgehead atoms. The molecular weight excluding hydrogens is 1240 g/mol. The third kappa shape index (κ3) is 16.8. The fourth-order valence-corrected chi connectivity index (χ4v) is 10.6. The van der Waals surface area contributed by atoms with Gasteiger partial charge in [-0.2, -0.15) is 0 Å². The minimum atomic E-state index is -0.854. The molecule has 98 heavy (non-hydrogen) atoms. The first-order chi connectivity index (χ1) is 47.8. The number of benzene rings is 12. The van der Waals surface area contributed by atoms with Crippen LogP contribution in [0, 0.1) is 0 Å². The molecular formula is C83H60O15. The molecule has 12 aromatic carbocycles. The second kappa shape index (κ2) is 30.7. The standard InChI is InChI=1S/C83H60O15/c1-83(65-32-38-68(39-33-65)90-53-56-44-71(93-77(84)59-20-8-2-9-21-59)50-72(45-56)94-78(85)60-22-10-3-11-23-60,66-34-40-69(41-35-66)91-54-57-46-73(95-79(86)61-24-12-4-13-25-61)51-74(47-57)96-80(87)62-26-14-5-15-27-62)67-36-42-70(43-37-67)92-55-58-48-75(97-81(88)63-28-16-6-17-29-63)52-76(49-58)98-82(89)64-30-18-7-19-31-64/h2-52H,53-55H2,1H3. The first-order valence-electron chi connectivity index (χ1n) is 31.1. The highest BCUT2D eigenvalue weighted by atomic mass is 16.6. The summed E-state index contributed by atoms with van der Waals surface area (Å²) in [7, 11) is 0. The fraction of sp³-hybridized carbons (Fsp3) is 0.0602. The molecule has 0 atom stereocenters. The van der Waals surface area contributed by atoms with Gasteiger partial charge in [-0.25, -0.2) is 28.8 Å². The molecule has 0 saturated heterocycles. The highest BCUT2D eigenvalue weighted by Crippen LogP contribution is 2.41. The van der Waals surface area contributed by atoms with E-state index in [1.807, 2.05) is 72.8 Å². The van der Waals surface area contributed by atoms with E-state index in [1.165, 1.54) is 18.2 Å². The molecule has 0 spiro atoms. The van der Waals surface area contributed by atoms with Gasteiger partial charge < -0.3 is 42.6 Å². The third-order valence-corrected chi connectivity index (χ3v) is 15.7. The van der Waals surface area contributed by atoms with Gasteiger partial charge in [0.2, 0.25) is 0 Å². The van der Waals surface area contributed by atoms with E-state index in [9.17, 15) is 28.8 Å². The maximum absolute atomic E-state index is 13.2. The summed E-state index contributed by atoms with van der Waals surface area (Å²) in [6, 6.07) is 88.5. The van der Waals surface area contributed by atoms with Crippen LogP contribution in [0.5, 0.6) is 51.7 Å². The molecule has 0 radical (unpaired) electrons. The van der Waals surface area contributed by atoms with E-state index in [0.29, 0.717) is 67.3 Å². The number of rotatable bonds is 24. The molecule has 0 saturated carbocycles. The Morgan fingerprint density at radius 1 is 0.224 bits per heavy atom. The summed E-state index contributed by atoms with van der Waals surface area (Å²) < 4.78 is 53.9. The van der Waals surface area contributed by atoms with Crippen molar-refractivity contribution in [2.45, 2.75) is 32.2 Å². The minimum absolute atomic E-state index is 0.00128. The largest absolute Gasteiger partial charge is 0.489 e. The van der Waals surface area contributed by atoms with Crippen LogP contribution >= 0.6 is 0 Å². The summed E-state index contributed by atoms with van der Waals surface area (Å²) in [5.41, 5.74) is 5.44. The van der Waals surface area contributed by atoms with Crippen molar-refractivity contribution < 1.29 is 71.4 Å². The molecule has 0 fully saturated rings. The smallest absolute Gasteiger partial charge is 0.343 e. The van der Waals surface area contributed by atoms with Crippen molar-refractivity contribution in [2.24, 2.45) is 0 Å². The number of hydrogen-bond acceptors (Lipinski definition) is 15. The maximum atomic E-state index is 13.2. The fourth-order valence-electron chi connectivity index (χ4n) is 10.6. The highest BCUT2D eigenvalue weighted by Gasteiger charge is 2.32. The summed E-state index contributed by atoms with van der Waals surface area (Å²) in [6.07, 6.45) is 0. The first kappa shape index (κ1) is 64.9. The van der Waals surface area contributed by atoms with Crippen LogP contribution in [0.1, 0.15) is 102 Å². The predicted octanol–water partition coefficient (Wildman–Crippen LogP) is 17.1. The van der Waals surface area contributed by atoms with E-state index >= 15 is 0 Å². The second-order valence-corrected chi connectivity index (χ2v) is 22.5. The van der Waals surface area contributed by atoms with E-state index in [1.54, 1.807) is 218 Å². The molecule has 12 aromatic rings. The van der Waals surface area contributed by atoms with Crippen LogP contribution in [0.3, 0.4) is 0 Å². The number of hydrogen-bond donors (Lipinski definition) is 0. The van der Waals surface area contributed by atoms with Gasteiger partial charge in [-0.15, -0.1) is 0 Å². The quantitative estimate of drug-likeness (QED) is 0.0316. The molecule has 0 aliphatic carbocycles. The summed E-state index contributed by atoms with van der Waals surface area (Å²) in [4.78, 5) is 79.5. The second-order valence-electron chi connectivity index (χ2n) is 22.5. The Kier molecular flexibility index (Phi) is 20.4. The molecule has 0 unspecified atom stereocenters. The first-order valence-corrected chi connectivity index (χ1v) is 31.1. The average molecular weight is 1300 g/mol. The van der Waals surface area contributed by atoms with Gasteiger partial charge in [0.05, 0.1) is 33.4 Å². The molecule has 0 amide bonds. The van der Waals surface area contributed by atoms with Crippen LogP contribution in [0.15, 0.2) is 309 Å². The molecule has 0 aliphatic rings. The molecule has 0 aliphatic heterocycles. The summed E-state index contributed by atoms with van der Waals surface area (Å²) in [5.74, 6) is -1.17. The number of carbonyl (C=O) groups excluding carboxylic acids is 6. The topological polar surface area (TPSA) is 185 Å². The Bertz CT molecular complexity index is 4060. The molecule has 0 heterocycles. The zero-order valence-corrected chi connectivity index (χ0v) is 52.7. The Labute approximate surface area is 564 Å². The zero-order valence-electron chi connectivity index (χ0n) is 52.7. The van der Waals surface area contributed by atoms with E-state index in [4.69, 9.17) is 42.6 Å². The van der Waals surface area contributed by atoms with Crippen LogP contribution in [-0.4, -0.2) is 35.8 Å². The van der Waals surface area contributed by atoms with E-state index in [2.05, 4.69) is 6.92 Å². The molecule has 12 rings (SSSR count). The summed E-state index contributed by atoms with van der Waals surface area (Å²) in [6.45, 7) is 2.09. The zero-order chi connectivity index (χ0) is 67.6. The Morgan fingerprint density at radius 3 is 0.571 bits per heavy atom. The van der Waals surface area contributed by atoms with Crippen LogP contribution in [0.2, 0.25) is 0 Å². The van der Waals surface area contributed by atoms with E-state index in [0.717, 1.165) is 16.7 Å². The number of esters is 6. The Balaban J connectivity index is 0.813. The molecule has 0 aromatic heterocycles. The number of carbonyl (C=O) groups is 6. The van der Waals surface area contributed by atoms with Gasteiger partial charge >= 0.3 is 35.8 Å². The predicted molar refractivity (Wildman–Crippen MR) is 366 cm³/mol. The molecule has 15 nitrogen and oxygen atoms in total. The van der Waals surface area contributed by atoms with Gasteiger partial charge in [-0.3, -0.25) is 0 Å². The minimum Gasteiger partial charge on any atom is -0.489 e. The summed E-state index contributed by atoms with van der Waals surface area (Å²) in [5, 5.41) is 0. The van der Waals surface area contributed by atoms with E-state index < -0.39 is 41.2 Å². The molecule has 482 valence electrons. The van der Waals surface area contributed by atoms with Gasteiger partial charge in [0.1, 0.15) is 71.6 Å². The van der Waals surface area contributed by atoms with Crippen molar-refractivity contribution in [3.63, 3.8) is 0 Å². The maximum Gasteiger partial charge on any atom is 0.343 e. The van der Waals surface area contributed by atoms with Crippen molar-refractivity contribution in [1.29, 1.82) is 0 Å². The lowest BCUT2D eigenvalue weighted by molar-refractivity contribution is 0.0713. The lowest BCUT2D eigenvalue weighted by Crippen LogP contribution is -2.25. The van der Waals surface area contributed by atoms with Crippen molar-refractivity contribution in [3.05, 3.63) is 376 Å². The van der Waals surface area contributed by atoms with Gasteiger partial charge in [-0.05, 0) is 186 Å². The number of ether oxygens (including phenoxy) is 9. The van der Waals surface area contributed by atoms with Crippen LogP contribution in [0.4, 0.5) is 0 Å². The van der Waals surface area contributed by atoms with Gasteiger partial charge in [-0.1, -0.05) is 146 Å². The SMILES string of the molecule is CC(c1ccc(OCc2cc(OC(=O)c3ccccc3)cc(OC(=O)c3ccccc3)c2)cc1)(c1ccc(OCc2cc(OC(=O)c3ccccc3)cc(OC(=O)c3ccccc3)c2)cc1)c1ccc(OCc2cc(OC(=O)c3ccccc3)cc(OC(=O)c3ccccc3)c2)cc1. The third-order valence-electron chi connectivity index (χ3n) is 15.7. The monoisotopic (exact) mass is 1300 g/mol. The van der Waals surface area contributed by atoms with Gasteiger partial charge in [0.15, 0.2) is 0 Å². The van der Waals surface area contributed by atoms with Crippen LogP contribution < -0.4 is 42.6 Å².